The maximum atomic E-state index is 11.9. The Morgan fingerprint density at radius 2 is 2.09 bits per heavy atom. The molecule has 0 aliphatic heterocycles. The van der Waals surface area contributed by atoms with Crippen molar-refractivity contribution < 1.29 is 14.3 Å². The molecule has 124 valence electrons. The van der Waals surface area contributed by atoms with Crippen LogP contribution < -0.4 is 5.32 Å². The van der Waals surface area contributed by atoms with Crippen LogP contribution in [0.5, 0.6) is 0 Å². The third-order valence-electron chi connectivity index (χ3n) is 3.75. The Bertz CT molecular complexity index is 637. The molecule has 2 aromatic rings. The lowest BCUT2D eigenvalue weighted by molar-refractivity contribution is 0.157. The van der Waals surface area contributed by atoms with Crippen molar-refractivity contribution >= 4 is 6.03 Å². The maximum absolute atomic E-state index is 11.9. The molecule has 2 amide bonds. The van der Waals surface area contributed by atoms with Crippen molar-refractivity contribution in [1.82, 2.24) is 15.2 Å². The first-order valence-corrected chi connectivity index (χ1v) is 7.64. The molecule has 0 bridgehead atoms. The molecule has 0 spiro atoms. The van der Waals surface area contributed by atoms with E-state index in [0.717, 1.165) is 11.3 Å². The van der Waals surface area contributed by atoms with Gasteiger partial charge in [0.1, 0.15) is 6.26 Å². The van der Waals surface area contributed by atoms with Gasteiger partial charge in [0.05, 0.1) is 18.3 Å². The summed E-state index contributed by atoms with van der Waals surface area (Å²) in [5.74, 6) is 0.581. The quantitative estimate of drug-likeness (QED) is 0.856. The number of aliphatic hydroxyl groups excluding tert-OH is 1. The van der Waals surface area contributed by atoms with Crippen molar-refractivity contribution in [2.24, 2.45) is 0 Å². The van der Waals surface area contributed by atoms with Crippen molar-refractivity contribution in [3.8, 4) is 11.5 Å². The van der Waals surface area contributed by atoms with Gasteiger partial charge in [0.25, 0.3) is 0 Å². The zero-order valence-corrected chi connectivity index (χ0v) is 13.7. The summed E-state index contributed by atoms with van der Waals surface area (Å²) < 4.78 is 5.48. The van der Waals surface area contributed by atoms with Crippen LogP contribution in [0.25, 0.3) is 11.5 Å². The second-order valence-corrected chi connectivity index (χ2v) is 5.63. The number of aromatic nitrogens is 1. The molecule has 2 rings (SSSR count). The van der Waals surface area contributed by atoms with E-state index in [1.165, 1.54) is 10.5 Å². The second-order valence-electron chi connectivity index (χ2n) is 5.63. The zero-order chi connectivity index (χ0) is 16.8. The number of nitrogens with zero attached hydrogens (tertiary/aromatic N) is 2. The summed E-state index contributed by atoms with van der Waals surface area (Å²) in [6.45, 7) is 4.21. The smallest absolute Gasteiger partial charge is 0.317 e. The van der Waals surface area contributed by atoms with Crippen LogP contribution in [-0.2, 0) is 6.42 Å². The summed E-state index contributed by atoms with van der Waals surface area (Å²) in [5.41, 5.74) is 2.91. The van der Waals surface area contributed by atoms with Crippen LogP contribution >= 0.6 is 0 Å². The number of carbonyl (C=O) groups excluding carboxylic acids is 1. The highest BCUT2D eigenvalue weighted by atomic mass is 16.3. The third kappa shape index (κ3) is 4.56. The first kappa shape index (κ1) is 17.0. The lowest BCUT2D eigenvalue weighted by Gasteiger charge is -2.23. The Morgan fingerprint density at radius 1 is 1.39 bits per heavy atom. The Labute approximate surface area is 136 Å². The average molecular weight is 317 g/mol. The topological polar surface area (TPSA) is 78.6 Å². The monoisotopic (exact) mass is 317 g/mol. The van der Waals surface area contributed by atoms with Crippen LogP contribution in [0.3, 0.4) is 0 Å². The van der Waals surface area contributed by atoms with Crippen molar-refractivity contribution in [1.29, 1.82) is 0 Å². The highest BCUT2D eigenvalue weighted by molar-refractivity contribution is 5.74. The number of oxazole rings is 1. The number of amides is 2. The third-order valence-corrected chi connectivity index (χ3v) is 3.75. The van der Waals surface area contributed by atoms with Gasteiger partial charge in [0.15, 0.2) is 0 Å². The predicted molar refractivity (Wildman–Crippen MR) is 88.1 cm³/mol. The molecule has 0 aliphatic carbocycles. The van der Waals surface area contributed by atoms with E-state index in [4.69, 9.17) is 9.52 Å². The van der Waals surface area contributed by atoms with Crippen LogP contribution in [0.1, 0.15) is 18.2 Å². The molecule has 1 unspecified atom stereocenters. The molecule has 0 radical (unpaired) electrons. The lowest BCUT2D eigenvalue weighted by Crippen LogP contribution is -2.44. The van der Waals surface area contributed by atoms with E-state index in [1.807, 2.05) is 31.2 Å². The number of hydrogen-bond acceptors (Lipinski definition) is 4. The molecule has 6 heteroatoms. The van der Waals surface area contributed by atoms with Gasteiger partial charge in [-0.05, 0) is 26.0 Å². The van der Waals surface area contributed by atoms with Crippen molar-refractivity contribution in [2.75, 3.05) is 20.2 Å². The molecule has 1 atom stereocenters. The molecular weight excluding hydrogens is 294 g/mol. The summed E-state index contributed by atoms with van der Waals surface area (Å²) in [7, 11) is 1.65. The number of nitrogens with one attached hydrogen (secondary N) is 1. The molecule has 6 nitrogen and oxygen atoms in total. The molecule has 23 heavy (non-hydrogen) atoms. The number of likely N-dealkylation sites (N-methyl/N-ethyl adjacent to an activating group) is 1. The minimum atomic E-state index is -0.214. The van der Waals surface area contributed by atoms with Crippen molar-refractivity contribution in [3.63, 3.8) is 0 Å². The van der Waals surface area contributed by atoms with Crippen LogP contribution in [-0.4, -0.2) is 47.3 Å². The number of hydrogen-bond donors (Lipinski definition) is 2. The largest absolute Gasteiger partial charge is 0.444 e. The first-order chi connectivity index (χ1) is 11.0. The fraction of sp³-hybridized carbons (Fsp3) is 0.412. The maximum Gasteiger partial charge on any atom is 0.317 e. The summed E-state index contributed by atoms with van der Waals surface area (Å²) in [6.07, 6.45) is 2.20. The Morgan fingerprint density at radius 3 is 2.74 bits per heavy atom. The molecule has 1 heterocycles. The molecule has 2 N–H and O–H groups in total. The van der Waals surface area contributed by atoms with Gasteiger partial charge in [-0.3, -0.25) is 0 Å². The van der Waals surface area contributed by atoms with Gasteiger partial charge in [0.2, 0.25) is 5.89 Å². The van der Waals surface area contributed by atoms with Crippen LogP contribution in [0.15, 0.2) is 34.9 Å². The molecular formula is C17H23N3O3. The number of aryl methyl sites for hydroxylation is 1. The summed E-state index contributed by atoms with van der Waals surface area (Å²) in [6, 6.07) is 7.54. The standard InChI is InChI=1S/C17H23N3O3/c1-12-4-6-14(7-5-12)16-19-15(11-23-16)8-9-18-17(22)20(3)13(2)10-21/h4-7,11,13,21H,8-10H2,1-3H3,(H,18,22). The van der Waals surface area contributed by atoms with E-state index in [0.29, 0.717) is 18.9 Å². The number of carbonyl (C=O) groups is 1. The average Bonchev–Trinajstić information content (AvgIpc) is 3.02. The van der Waals surface area contributed by atoms with E-state index in [1.54, 1.807) is 20.2 Å². The number of aliphatic hydroxyl groups is 1. The molecule has 1 aromatic heterocycles. The second kappa shape index (κ2) is 7.78. The summed E-state index contributed by atoms with van der Waals surface area (Å²) in [4.78, 5) is 17.8. The SMILES string of the molecule is Cc1ccc(-c2nc(CCNC(=O)N(C)C(C)CO)co2)cc1. The predicted octanol–water partition coefficient (Wildman–Crippen LogP) is 2.21. The van der Waals surface area contributed by atoms with E-state index in [9.17, 15) is 4.79 Å². The Balaban J connectivity index is 1.85. The van der Waals surface area contributed by atoms with E-state index in [-0.39, 0.29) is 18.7 Å². The Kier molecular flexibility index (Phi) is 5.76. The van der Waals surface area contributed by atoms with E-state index >= 15 is 0 Å². The molecule has 0 aliphatic rings. The van der Waals surface area contributed by atoms with E-state index in [2.05, 4.69) is 10.3 Å². The van der Waals surface area contributed by atoms with Crippen molar-refractivity contribution in [3.05, 3.63) is 41.8 Å². The highest BCUT2D eigenvalue weighted by Gasteiger charge is 2.14. The normalized spacial score (nSPS) is 12.0. The summed E-state index contributed by atoms with van der Waals surface area (Å²) >= 11 is 0. The van der Waals surface area contributed by atoms with Crippen molar-refractivity contribution in [2.45, 2.75) is 26.3 Å². The summed E-state index contributed by atoms with van der Waals surface area (Å²) in [5, 5.41) is 11.8. The molecule has 1 aromatic carbocycles. The fourth-order valence-corrected chi connectivity index (χ4v) is 2.00. The molecule has 0 saturated heterocycles. The van der Waals surface area contributed by atoms with Gasteiger partial charge in [-0.15, -0.1) is 0 Å². The van der Waals surface area contributed by atoms with Gasteiger partial charge in [0, 0.05) is 25.6 Å². The van der Waals surface area contributed by atoms with Crippen LogP contribution in [0, 0.1) is 6.92 Å². The Hall–Kier alpha value is -2.34. The van der Waals surface area contributed by atoms with E-state index < -0.39 is 0 Å². The number of urea groups is 1. The number of rotatable bonds is 6. The highest BCUT2D eigenvalue weighted by Crippen LogP contribution is 2.19. The van der Waals surface area contributed by atoms with Gasteiger partial charge in [-0.1, -0.05) is 17.7 Å². The van der Waals surface area contributed by atoms with Gasteiger partial charge < -0.3 is 19.7 Å². The van der Waals surface area contributed by atoms with Crippen LogP contribution in [0.2, 0.25) is 0 Å². The minimum absolute atomic E-state index is 0.0624. The molecule has 0 saturated carbocycles. The van der Waals surface area contributed by atoms with Gasteiger partial charge >= 0.3 is 6.03 Å². The fourth-order valence-electron chi connectivity index (χ4n) is 2.00. The molecule has 0 fully saturated rings. The number of benzene rings is 1. The minimum Gasteiger partial charge on any atom is -0.444 e. The lowest BCUT2D eigenvalue weighted by atomic mass is 10.1. The van der Waals surface area contributed by atoms with Gasteiger partial charge in [-0.25, -0.2) is 9.78 Å². The zero-order valence-electron chi connectivity index (χ0n) is 13.7. The van der Waals surface area contributed by atoms with Crippen LogP contribution in [0.4, 0.5) is 4.79 Å². The van der Waals surface area contributed by atoms with Gasteiger partial charge in [-0.2, -0.15) is 0 Å². The first-order valence-electron chi connectivity index (χ1n) is 7.64.